The molecule has 0 unspecified atom stereocenters. The number of aliphatic hydroxyl groups is 2. The number of rotatable bonds is 7. The molecule has 7 nitrogen and oxygen atoms in total. The van der Waals surface area contributed by atoms with Crippen LogP contribution in [0.2, 0.25) is 0 Å². The normalized spacial score (nSPS) is 11.7. The van der Waals surface area contributed by atoms with Gasteiger partial charge >= 0.3 is 0 Å². The lowest BCUT2D eigenvalue weighted by molar-refractivity contribution is 0.0723. The first-order valence-electron chi connectivity index (χ1n) is 8.47. The molecule has 144 valence electrons. The minimum Gasteiger partial charge on any atom is -0.488 e. The van der Waals surface area contributed by atoms with Gasteiger partial charge in [0.05, 0.1) is 34.2 Å². The predicted octanol–water partition coefficient (Wildman–Crippen LogP) is 2.56. The molecular weight excluding hydrogens is 368 g/mol. The molecule has 0 aliphatic carbocycles. The summed E-state index contributed by atoms with van der Waals surface area (Å²) in [5.41, 5.74) is -0.198. The van der Waals surface area contributed by atoms with Crippen LogP contribution in [-0.2, 0) is 6.61 Å². The van der Waals surface area contributed by atoms with E-state index in [1.165, 1.54) is 0 Å². The van der Waals surface area contributed by atoms with Gasteiger partial charge in [-0.15, -0.1) is 11.3 Å². The van der Waals surface area contributed by atoms with Crippen LogP contribution >= 0.6 is 11.3 Å². The van der Waals surface area contributed by atoms with Crippen molar-refractivity contribution in [3.8, 4) is 5.75 Å². The number of hydrogen-bond donors (Lipinski definition) is 3. The Kier molecular flexibility index (Phi) is 5.50. The van der Waals surface area contributed by atoms with E-state index in [1.807, 2.05) is 6.92 Å². The number of aryl methyl sites for hydroxylation is 2. The van der Waals surface area contributed by atoms with Gasteiger partial charge in [0.1, 0.15) is 23.7 Å². The van der Waals surface area contributed by atoms with Crippen molar-refractivity contribution in [2.45, 2.75) is 32.9 Å². The van der Waals surface area contributed by atoms with Crippen LogP contribution in [0.3, 0.4) is 0 Å². The van der Waals surface area contributed by atoms with Gasteiger partial charge in [-0.25, -0.2) is 4.98 Å². The number of benzene rings is 1. The minimum absolute atomic E-state index is 0.359. The van der Waals surface area contributed by atoms with Gasteiger partial charge < -0.3 is 24.7 Å². The Hall–Kier alpha value is -2.42. The number of ether oxygens (including phenoxy) is 1. The summed E-state index contributed by atoms with van der Waals surface area (Å²) in [5, 5.41) is 23.1. The molecule has 27 heavy (non-hydrogen) atoms. The molecule has 0 atom stereocenters. The zero-order valence-corrected chi connectivity index (χ0v) is 16.2. The van der Waals surface area contributed by atoms with Crippen molar-refractivity contribution in [1.82, 2.24) is 10.3 Å². The van der Waals surface area contributed by atoms with Crippen LogP contribution in [0, 0.1) is 13.8 Å². The molecule has 0 aliphatic heterocycles. The molecule has 3 aromatic rings. The van der Waals surface area contributed by atoms with Gasteiger partial charge in [-0.1, -0.05) is 0 Å². The summed E-state index contributed by atoms with van der Waals surface area (Å²) in [5.74, 6) is 0.638. The van der Waals surface area contributed by atoms with Crippen molar-refractivity contribution in [3.63, 3.8) is 0 Å². The number of fused-ring (bicyclic) bond motifs is 1. The Morgan fingerprint density at radius 1 is 1.33 bits per heavy atom. The summed E-state index contributed by atoms with van der Waals surface area (Å²) in [6, 6.07) is 5.29. The van der Waals surface area contributed by atoms with Crippen molar-refractivity contribution in [3.05, 3.63) is 45.6 Å². The molecule has 0 radical (unpaired) electrons. The third-order valence-electron chi connectivity index (χ3n) is 4.23. The maximum absolute atomic E-state index is 12.7. The fourth-order valence-corrected chi connectivity index (χ4v) is 3.37. The maximum Gasteiger partial charge on any atom is 0.256 e. The van der Waals surface area contributed by atoms with Crippen molar-refractivity contribution >= 4 is 28.2 Å². The van der Waals surface area contributed by atoms with Crippen LogP contribution in [0.4, 0.5) is 0 Å². The van der Waals surface area contributed by atoms with Crippen LogP contribution in [0.1, 0.15) is 32.9 Å². The Bertz CT molecular complexity index is 958. The van der Waals surface area contributed by atoms with Gasteiger partial charge in [0.15, 0.2) is 0 Å². The molecule has 0 fully saturated rings. The van der Waals surface area contributed by atoms with Gasteiger partial charge in [-0.05, 0) is 39.0 Å². The highest BCUT2D eigenvalue weighted by molar-refractivity contribution is 7.11. The average Bonchev–Trinajstić information content (AvgIpc) is 3.21. The zero-order chi connectivity index (χ0) is 19.6. The molecule has 0 saturated heterocycles. The van der Waals surface area contributed by atoms with Crippen LogP contribution in [-0.4, -0.2) is 39.9 Å². The molecule has 0 spiro atoms. The van der Waals surface area contributed by atoms with Crippen LogP contribution in [0.25, 0.3) is 11.0 Å². The highest BCUT2D eigenvalue weighted by Gasteiger charge is 2.28. The Balaban J connectivity index is 1.86. The number of carbonyl (C=O) groups excluding carboxylic acids is 1. The van der Waals surface area contributed by atoms with Crippen molar-refractivity contribution in [1.29, 1.82) is 0 Å². The first-order valence-corrected chi connectivity index (χ1v) is 9.28. The molecular formula is C19H22N2O5S. The number of amides is 1. The summed E-state index contributed by atoms with van der Waals surface area (Å²) in [6.45, 7) is 4.83. The Morgan fingerprint density at radius 3 is 2.70 bits per heavy atom. The molecule has 8 heteroatoms. The summed E-state index contributed by atoms with van der Waals surface area (Å²) in [6.07, 6.45) is 1.78. The molecule has 3 N–H and O–H groups in total. The maximum atomic E-state index is 12.7. The van der Waals surface area contributed by atoms with E-state index in [1.54, 1.807) is 49.6 Å². The van der Waals surface area contributed by atoms with Crippen molar-refractivity contribution in [2.75, 3.05) is 13.2 Å². The number of furan rings is 1. The van der Waals surface area contributed by atoms with Crippen LogP contribution in [0.15, 0.2) is 28.8 Å². The van der Waals surface area contributed by atoms with E-state index in [-0.39, 0.29) is 13.2 Å². The van der Waals surface area contributed by atoms with Crippen molar-refractivity contribution < 1.29 is 24.2 Å². The van der Waals surface area contributed by atoms with Gasteiger partial charge in [0.25, 0.3) is 5.91 Å². The molecule has 1 amide bonds. The SMILES string of the molecule is Cc1ncc(COc2ccc3oc(C)c(C(=O)NC(C)(CO)CO)c3c2)s1. The lowest BCUT2D eigenvalue weighted by atomic mass is 10.0. The first kappa shape index (κ1) is 19.3. The van der Waals surface area contributed by atoms with E-state index in [2.05, 4.69) is 10.3 Å². The molecule has 1 aromatic carbocycles. The van der Waals surface area contributed by atoms with Gasteiger partial charge in [-0.2, -0.15) is 0 Å². The Morgan fingerprint density at radius 2 is 2.07 bits per heavy atom. The molecule has 2 heterocycles. The number of aromatic nitrogens is 1. The minimum atomic E-state index is -1.12. The third kappa shape index (κ3) is 4.13. The standard InChI is InChI=1S/C19H22N2O5S/c1-11-17(18(24)21-19(3,9-22)10-23)15-6-13(4-5-16(15)26-11)25-8-14-7-20-12(2)27-14/h4-7,22-23H,8-10H2,1-3H3,(H,21,24). The van der Waals surface area contributed by atoms with Gasteiger partial charge in [-0.3, -0.25) is 4.79 Å². The van der Waals surface area contributed by atoms with E-state index < -0.39 is 11.4 Å². The third-order valence-corrected chi connectivity index (χ3v) is 5.11. The summed E-state index contributed by atoms with van der Waals surface area (Å²) in [4.78, 5) is 17.9. The highest BCUT2D eigenvalue weighted by atomic mass is 32.1. The number of carbonyl (C=O) groups is 1. The van der Waals surface area contributed by atoms with Gasteiger partial charge in [0, 0.05) is 11.6 Å². The fraction of sp³-hybridized carbons (Fsp3) is 0.368. The predicted molar refractivity (Wildman–Crippen MR) is 102 cm³/mol. The number of aliphatic hydroxyl groups excluding tert-OH is 2. The Labute approximate surface area is 160 Å². The van der Waals surface area contributed by atoms with Crippen LogP contribution < -0.4 is 10.1 Å². The van der Waals surface area contributed by atoms with E-state index >= 15 is 0 Å². The average molecular weight is 390 g/mol. The molecule has 0 bridgehead atoms. The zero-order valence-electron chi connectivity index (χ0n) is 15.4. The lowest BCUT2D eigenvalue weighted by Crippen LogP contribution is -2.51. The lowest BCUT2D eigenvalue weighted by Gasteiger charge is -2.26. The number of hydrogen-bond acceptors (Lipinski definition) is 7. The summed E-state index contributed by atoms with van der Waals surface area (Å²) >= 11 is 1.57. The quantitative estimate of drug-likeness (QED) is 0.573. The fourth-order valence-electron chi connectivity index (χ4n) is 2.66. The summed E-state index contributed by atoms with van der Waals surface area (Å²) in [7, 11) is 0. The number of nitrogens with zero attached hydrogens (tertiary/aromatic N) is 1. The monoisotopic (exact) mass is 390 g/mol. The topological polar surface area (TPSA) is 105 Å². The molecule has 2 aromatic heterocycles. The smallest absolute Gasteiger partial charge is 0.256 e. The van der Waals surface area contributed by atoms with E-state index in [0.717, 1.165) is 9.88 Å². The first-order chi connectivity index (χ1) is 12.8. The second-order valence-electron chi connectivity index (χ2n) is 6.66. The van der Waals surface area contributed by atoms with E-state index in [9.17, 15) is 15.0 Å². The highest BCUT2D eigenvalue weighted by Crippen LogP contribution is 2.30. The molecule has 3 rings (SSSR count). The molecule has 0 aliphatic rings. The van der Waals surface area contributed by atoms with Gasteiger partial charge in [0.2, 0.25) is 0 Å². The number of nitrogens with one attached hydrogen (secondary N) is 1. The van der Waals surface area contributed by atoms with Crippen LogP contribution in [0.5, 0.6) is 5.75 Å². The largest absolute Gasteiger partial charge is 0.488 e. The number of thiazole rings is 1. The van der Waals surface area contributed by atoms with E-state index in [0.29, 0.717) is 34.6 Å². The van der Waals surface area contributed by atoms with E-state index in [4.69, 9.17) is 9.15 Å². The molecule has 0 saturated carbocycles. The second-order valence-corrected chi connectivity index (χ2v) is 7.98. The summed E-state index contributed by atoms with van der Waals surface area (Å²) < 4.78 is 11.5. The van der Waals surface area contributed by atoms with Crippen molar-refractivity contribution in [2.24, 2.45) is 0 Å². The second kappa shape index (κ2) is 7.67.